The van der Waals surface area contributed by atoms with E-state index in [4.69, 9.17) is 0 Å². The molecule has 25 heavy (non-hydrogen) atoms. The van der Waals surface area contributed by atoms with Crippen LogP contribution in [-0.2, 0) is 6.18 Å². The van der Waals surface area contributed by atoms with Gasteiger partial charge >= 0.3 is 6.18 Å². The van der Waals surface area contributed by atoms with Crippen molar-refractivity contribution < 1.29 is 23.1 Å². The summed E-state index contributed by atoms with van der Waals surface area (Å²) in [5, 5.41) is 12.6. The highest BCUT2D eigenvalue weighted by atomic mass is 32.1. The van der Waals surface area contributed by atoms with Crippen LogP contribution < -0.4 is 5.32 Å². The molecule has 5 nitrogen and oxygen atoms in total. The van der Waals surface area contributed by atoms with Crippen LogP contribution >= 0.6 is 11.7 Å². The third-order valence-corrected chi connectivity index (χ3v) is 4.15. The second-order valence-corrected chi connectivity index (χ2v) is 5.84. The van der Waals surface area contributed by atoms with E-state index in [-0.39, 0.29) is 12.1 Å². The van der Waals surface area contributed by atoms with Crippen LogP contribution in [0.4, 0.5) is 13.2 Å². The maximum atomic E-state index is 12.5. The molecule has 1 aromatic heterocycles. The minimum absolute atomic E-state index is 0.127. The van der Waals surface area contributed by atoms with Gasteiger partial charge in [-0.05, 0) is 35.9 Å². The van der Waals surface area contributed by atoms with E-state index < -0.39 is 23.8 Å². The van der Waals surface area contributed by atoms with Crippen LogP contribution in [0.2, 0.25) is 0 Å². The number of hydrogen-bond acceptors (Lipinski definition) is 5. The number of nitrogens with zero attached hydrogens (tertiary/aromatic N) is 2. The maximum Gasteiger partial charge on any atom is 0.416 e. The largest absolute Gasteiger partial charge is 0.416 e. The number of carbonyl (C=O) groups is 1. The molecule has 0 unspecified atom stereocenters. The standard InChI is InChI=1S/C16H12F3N3O2S/c17-16(18,19)11-4-1-9(2-5-11)14(23)8-20-15(24)10-3-6-12-13(7-10)22-25-21-12/h1-7,14,23H,8H2,(H,20,24)/t14-/m1/s1. The summed E-state index contributed by atoms with van der Waals surface area (Å²) < 4.78 is 45.6. The van der Waals surface area contributed by atoms with Gasteiger partial charge in [-0.25, -0.2) is 0 Å². The van der Waals surface area contributed by atoms with Gasteiger partial charge in [0.1, 0.15) is 11.0 Å². The third-order valence-electron chi connectivity index (χ3n) is 3.59. The van der Waals surface area contributed by atoms with Crippen molar-refractivity contribution in [3.05, 3.63) is 59.2 Å². The molecule has 0 aliphatic heterocycles. The topological polar surface area (TPSA) is 75.1 Å². The number of rotatable bonds is 4. The number of hydrogen-bond donors (Lipinski definition) is 2. The van der Waals surface area contributed by atoms with Gasteiger partial charge in [0.25, 0.3) is 5.91 Å². The number of carbonyl (C=O) groups excluding carboxylic acids is 1. The molecule has 3 rings (SSSR count). The van der Waals surface area contributed by atoms with Gasteiger partial charge in [0.05, 0.1) is 23.4 Å². The Kier molecular flexibility index (Phi) is 4.69. The number of aliphatic hydroxyl groups is 1. The monoisotopic (exact) mass is 367 g/mol. The first kappa shape index (κ1) is 17.3. The number of amides is 1. The molecule has 1 heterocycles. The van der Waals surface area contributed by atoms with Gasteiger partial charge in [-0.3, -0.25) is 4.79 Å². The number of aliphatic hydroxyl groups excluding tert-OH is 1. The van der Waals surface area contributed by atoms with Crippen LogP contribution in [0.25, 0.3) is 11.0 Å². The zero-order chi connectivity index (χ0) is 18.0. The summed E-state index contributed by atoms with van der Waals surface area (Å²) in [5.74, 6) is -0.416. The molecule has 1 amide bonds. The smallest absolute Gasteiger partial charge is 0.387 e. The van der Waals surface area contributed by atoms with E-state index in [0.717, 1.165) is 23.9 Å². The average Bonchev–Trinajstić information content (AvgIpc) is 3.06. The number of benzene rings is 2. The summed E-state index contributed by atoms with van der Waals surface area (Å²) in [5.41, 5.74) is 1.14. The molecular formula is C16H12F3N3O2S. The summed E-state index contributed by atoms with van der Waals surface area (Å²) in [6.45, 7) is -0.127. The predicted molar refractivity (Wildman–Crippen MR) is 86.2 cm³/mol. The van der Waals surface area contributed by atoms with Crippen molar-refractivity contribution in [1.82, 2.24) is 14.1 Å². The SMILES string of the molecule is O=C(NC[C@@H](O)c1ccc(C(F)(F)F)cc1)c1ccc2nsnc2c1. The van der Waals surface area contributed by atoms with E-state index in [1.165, 1.54) is 12.1 Å². The number of alkyl halides is 3. The van der Waals surface area contributed by atoms with Gasteiger partial charge in [0.2, 0.25) is 0 Å². The Bertz CT molecular complexity index is 894. The first-order valence-corrected chi connectivity index (χ1v) is 7.93. The van der Waals surface area contributed by atoms with Crippen LogP contribution in [0.3, 0.4) is 0 Å². The van der Waals surface area contributed by atoms with Crippen molar-refractivity contribution in [1.29, 1.82) is 0 Å². The van der Waals surface area contributed by atoms with Crippen LogP contribution in [0.1, 0.15) is 27.6 Å². The zero-order valence-electron chi connectivity index (χ0n) is 12.6. The van der Waals surface area contributed by atoms with Gasteiger partial charge in [0.15, 0.2) is 0 Å². The van der Waals surface area contributed by atoms with Gasteiger partial charge in [0, 0.05) is 12.1 Å². The normalized spacial score (nSPS) is 13.0. The van der Waals surface area contributed by atoms with Crippen LogP contribution in [0.5, 0.6) is 0 Å². The highest BCUT2D eigenvalue weighted by Crippen LogP contribution is 2.29. The van der Waals surface area contributed by atoms with Crippen molar-refractivity contribution in [2.24, 2.45) is 0 Å². The molecule has 0 fully saturated rings. The Labute approximate surface area is 144 Å². The molecule has 130 valence electrons. The molecular weight excluding hydrogens is 355 g/mol. The minimum atomic E-state index is -4.43. The van der Waals surface area contributed by atoms with Gasteiger partial charge in [-0.15, -0.1) is 0 Å². The lowest BCUT2D eigenvalue weighted by Gasteiger charge is -2.13. The van der Waals surface area contributed by atoms with Gasteiger partial charge in [-0.1, -0.05) is 12.1 Å². The first-order chi connectivity index (χ1) is 11.8. The fourth-order valence-electron chi connectivity index (χ4n) is 2.23. The van der Waals surface area contributed by atoms with E-state index in [1.54, 1.807) is 18.2 Å². The van der Waals surface area contributed by atoms with E-state index >= 15 is 0 Å². The lowest BCUT2D eigenvalue weighted by Crippen LogP contribution is -2.28. The highest BCUT2D eigenvalue weighted by molar-refractivity contribution is 7.00. The fourth-order valence-corrected chi connectivity index (χ4v) is 2.74. The molecule has 0 radical (unpaired) electrons. The van der Waals surface area contributed by atoms with Crippen molar-refractivity contribution in [3.8, 4) is 0 Å². The predicted octanol–water partition coefficient (Wildman–Crippen LogP) is 3.17. The molecule has 2 aromatic carbocycles. The van der Waals surface area contributed by atoms with E-state index in [9.17, 15) is 23.1 Å². The molecule has 0 bridgehead atoms. The highest BCUT2D eigenvalue weighted by Gasteiger charge is 2.30. The Morgan fingerprint density at radius 2 is 1.80 bits per heavy atom. The Hall–Kier alpha value is -2.52. The van der Waals surface area contributed by atoms with Gasteiger partial charge in [-0.2, -0.15) is 21.9 Å². The minimum Gasteiger partial charge on any atom is -0.387 e. The van der Waals surface area contributed by atoms with Crippen molar-refractivity contribution in [3.63, 3.8) is 0 Å². The molecule has 2 N–H and O–H groups in total. The Morgan fingerprint density at radius 1 is 1.12 bits per heavy atom. The number of nitrogens with one attached hydrogen (secondary N) is 1. The van der Waals surface area contributed by atoms with Crippen molar-refractivity contribution in [2.45, 2.75) is 12.3 Å². The summed E-state index contributed by atoms with van der Waals surface area (Å²) in [6, 6.07) is 8.99. The third kappa shape index (κ3) is 3.94. The molecule has 3 aromatic rings. The van der Waals surface area contributed by atoms with Crippen molar-refractivity contribution >= 4 is 28.7 Å². The number of aromatic nitrogens is 2. The average molecular weight is 367 g/mol. The Balaban J connectivity index is 1.63. The molecule has 0 spiro atoms. The molecule has 0 aliphatic rings. The molecule has 0 saturated heterocycles. The maximum absolute atomic E-state index is 12.5. The van der Waals surface area contributed by atoms with E-state index in [1.807, 2.05) is 0 Å². The second-order valence-electron chi connectivity index (χ2n) is 5.31. The summed E-state index contributed by atoms with van der Waals surface area (Å²) in [6.07, 6.45) is -5.54. The lowest BCUT2D eigenvalue weighted by atomic mass is 10.1. The Morgan fingerprint density at radius 3 is 2.48 bits per heavy atom. The summed E-state index contributed by atoms with van der Waals surface area (Å²) >= 11 is 1.04. The fraction of sp³-hybridized carbons (Fsp3) is 0.188. The molecule has 9 heteroatoms. The summed E-state index contributed by atoms with van der Waals surface area (Å²) in [7, 11) is 0. The van der Waals surface area contributed by atoms with Crippen LogP contribution in [0.15, 0.2) is 42.5 Å². The lowest BCUT2D eigenvalue weighted by molar-refractivity contribution is -0.137. The number of halogens is 3. The molecule has 0 aliphatic carbocycles. The van der Waals surface area contributed by atoms with E-state index in [0.29, 0.717) is 16.6 Å². The van der Waals surface area contributed by atoms with E-state index in [2.05, 4.69) is 14.1 Å². The van der Waals surface area contributed by atoms with Crippen molar-refractivity contribution in [2.75, 3.05) is 6.54 Å². The quantitative estimate of drug-likeness (QED) is 0.743. The number of fused-ring (bicyclic) bond motifs is 1. The van der Waals surface area contributed by atoms with Gasteiger partial charge < -0.3 is 10.4 Å². The van der Waals surface area contributed by atoms with Crippen LogP contribution in [-0.4, -0.2) is 26.3 Å². The second kappa shape index (κ2) is 6.77. The van der Waals surface area contributed by atoms with Crippen LogP contribution in [0, 0.1) is 0 Å². The molecule has 0 saturated carbocycles. The zero-order valence-corrected chi connectivity index (χ0v) is 13.4. The summed E-state index contributed by atoms with van der Waals surface area (Å²) in [4.78, 5) is 12.1. The first-order valence-electron chi connectivity index (χ1n) is 7.20. The molecule has 1 atom stereocenters.